The summed E-state index contributed by atoms with van der Waals surface area (Å²) in [4.78, 5) is 10.3. The van der Waals surface area contributed by atoms with Crippen LogP contribution < -0.4 is 0 Å². The first-order valence-corrected chi connectivity index (χ1v) is 11.3. The van der Waals surface area contributed by atoms with Gasteiger partial charge in [-0.15, -0.1) is 0 Å². The van der Waals surface area contributed by atoms with Crippen LogP contribution in [0.25, 0.3) is 0 Å². The molecule has 31 heavy (non-hydrogen) atoms. The molecule has 0 unspecified atom stereocenters. The van der Waals surface area contributed by atoms with Crippen molar-refractivity contribution in [2.24, 2.45) is 0 Å². The number of aromatic nitrogens is 1. The number of sulfonamides is 1. The highest BCUT2D eigenvalue weighted by molar-refractivity contribution is 7.89. The molecule has 8 nitrogen and oxygen atoms in total. The van der Waals surface area contributed by atoms with Crippen molar-refractivity contribution >= 4 is 27.3 Å². The predicted molar refractivity (Wildman–Crippen MR) is 118 cm³/mol. The summed E-state index contributed by atoms with van der Waals surface area (Å²) in [5, 5.41) is 11.1. The fourth-order valence-corrected chi connectivity index (χ4v) is 4.73. The van der Waals surface area contributed by atoms with Gasteiger partial charge in [0.1, 0.15) is 5.02 Å². The number of halogens is 1. The maximum atomic E-state index is 13.3. The van der Waals surface area contributed by atoms with E-state index in [4.69, 9.17) is 16.3 Å². The number of methoxy groups -OCH3 is 1. The number of nitro benzene ring substituents is 1. The van der Waals surface area contributed by atoms with Crippen molar-refractivity contribution in [3.8, 4) is 0 Å². The zero-order chi connectivity index (χ0) is 22.4. The molecule has 0 saturated carbocycles. The maximum Gasteiger partial charge on any atom is 0.289 e. The van der Waals surface area contributed by atoms with E-state index in [0.29, 0.717) is 6.54 Å². The minimum absolute atomic E-state index is 0.0853. The number of hydrogen-bond donors (Lipinski definition) is 0. The first-order chi connectivity index (χ1) is 14.8. The van der Waals surface area contributed by atoms with E-state index in [2.05, 4.69) is 0 Å². The lowest BCUT2D eigenvalue weighted by molar-refractivity contribution is -0.384. The number of nitrogens with zero attached hydrogens (tertiary/aromatic N) is 3. The largest absolute Gasteiger partial charge is 0.383 e. The Labute approximate surface area is 185 Å². The molecule has 2 aromatic carbocycles. The average Bonchev–Trinajstić information content (AvgIpc) is 3.18. The zero-order valence-corrected chi connectivity index (χ0v) is 18.4. The molecule has 0 aliphatic rings. The molecule has 3 aromatic rings. The highest BCUT2D eigenvalue weighted by atomic mass is 35.5. The molecule has 10 heteroatoms. The first-order valence-electron chi connectivity index (χ1n) is 9.44. The van der Waals surface area contributed by atoms with Gasteiger partial charge in [0, 0.05) is 38.2 Å². The predicted octanol–water partition coefficient (Wildman–Crippen LogP) is 3.94. The van der Waals surface area contributed by atoms with Crippen LogP contribution >= 0.6 is 11.6 Å². The van der Waals surface area contributed by atoms with Gasteiger partial charge in [0.2, 0.25) is 10.0 Å². The molecule has 0 fully saturated rings. The zero-order valence-electron chi connectivity index (χ0n) is 16.8. The second kappa shape index (κ2) is 10.1. The van der Waals surface area contributed by atoms with Crippen LogP contribution in [-0.2, 0) is 27.8 Å². The van der Waals surface area contributed by atoms with Crippen molar-refractivity contribution in [1.82, 2.24) is 8.87 Å². The van der Waals surface area contributed by atoms with Crippen LogP contribution in [0.4, 0.5) is 5.69 Å². The number of ether oxygens (including phenoxy) is 1. The molecule has 0 bridgehead atoms. The van der Waals surface area contributed by atoms with Crippen molar-refractivity contribution in [3.05, 3.63) is 93.3 Å². The highest BCUT2D eigenvalue weighted by Crippen LogP contribution is 2.29. The fourth-order valence-electron chi connectivity index (χ4n) is 3.13. The summed E-state index contributed by atoms with van der Waals surface area (Å²) in [6.45, 7) is 0.940. The molecule has 0 amide bonds. The monoisotopic (exact) mass is 463 g/mol. The number of benzene rings is 2. The molecule has 0 aliphatic heterocycles. The molecular formula is C21H22ClN3O5S. The summed E-state index contributed by atoms with van der Waals surface area (Å²) in [6.07, 6.45) is 1.89. The topological polar surface area (TPSA) is 94.7 Å². The number of rotatable bonds is 10. The van der Waals surface area contributed by atoms with Gasteiger partial charge < -0.3 is 9.30 Å². The molecule has 0 saturated heterocycles. The SMILES string of the molecule is COCCN(Cc1cccn1Cc1ccccc1)S(=O)(=O)c1ccc(Cl)c([N+](=O)[O-])c1. The second-order valence-corrected chi connectivity index (χ2v) is 9.16. The van der Waals surface area contributed by atoms with E-state index in [9.17, 15) is 18.5 Å². The van der Waals surface area contributed by atoms with Crippen LogP contribution in [0.5, 0.6) is 0 Å². The van der Waals surface area contributed by atoms with Crippen LogP contribution in [0.3, 0.4) is 0 Å². The van der Waals surface area contributed by atoms with Crippen molar-refractivity contribution in [1.29, 1.82) is 0 Å². The Morgan fingerprint density at radius 1 is 1.13 bits per heavy atom. The Bertz CT molecular complexity index is 1150. The Morgan fingerprint density at radius 3 is 2.55 bits per heavy atom. The van der Waals surface area contributed by atoms with Crippen molar-refractivity contribution in [2.45, 2.75) is 18.0 Å². The molecule has 1 heterocycles. The highest BCUT2D eigenvalue weighted by Gasteiger charge is 2.28. The molecule has 164 valence electrons. The van der Waals surface area contributed by atoms with Gasteiger partial charge in [-0.25, -0.2) is 8.42 Å². The Kier molecular flexibility index (Phi) is 7.45. The van der Waals surface area contributed by atoms with Crippen LogP contribution in [0.1, 0.15) is 11.3 Å². The van der Waals surface area contributed by atoms with E-state index in [-0.39, 0.29) is 29.6 Å². The van der Waals surface area contributed by atoms with E-state index in [1.165, 1.54) is 23.5 Å². The molecule has 1 aromatic heterocycles. The second-order valence-electron chi connectivity index (χ2n) is 6.81. The molecular weight excluding hydrogens is 442 g/mol. The maximum absolute atomic E-state index is 13.3. The number of hydrogen-bond acceptors (Lipinski definition) is 5. The first kappa shape index (κ1) is 23.0. The van der Waals surface area contributed by atoms with Crippen molar-refractivity contribution in [3.63, 3.8) is 0 Å². The minimum Gasteiger partial charge on any atom is -0.383 e. The Balaban J connectivity index is 1.92. The van der Waals surface area contributed by atoms with Crippen LogP contribution in [0.2, 0.25) is 5.02 Å². The molecule has 0 radical (unpaired) electrons. The minimum atomic E-state index is -4.03. The van der Waals surface area contributed by atoms with Gasteiger partial charge in [-0.3, -0.25) is 10.1 Å². The van der Waals surface area contributed by atoms with Crippen molar-refractivity contribution in [2.75, 3.05) is 20.3 Å². The average molecular weight is 464 g/mol. The molecule has 0 aliphatic carbocycles. The normalized spacial score (nSPS) is 11.7. The van der Waals surface area contributed by atoms with Crippen LogP contribution in [0.15, 0.2) is 71.8 Å². The third-order valence-electron chi connectivity index (χ3n) is 4.75. The third-order valence-corrected chi connectivity index (χ3v) is 6.92. The molecule has 3 rings (SSSR count). The van der Waals surface area contributed by atoms with Gasteiger partial charge in [-0.05, 0) is 29.8 Å². The van der Waals surface area contributed by atoms with Gasteiger partial charge in [0.05, 0.1) is 23.0 Å². The van der Waals surface area contributed by atoms with E-state index < -0.39 is 20.6 Å². The molecule has 0 N–H and O–H groups in total. The standard InChI is InChI=1S/C21H22ClN3O5S/c1-30-13-12-24(31(28,29)19-9-10-20(22)21(14-19)25(26)27)16-18-8-5-11-23(18)15-17-6-3-2-4-7-17/h2-11,14H,12-13,15-16H2,1H3. The smallest absolute Gasteiger partial charge is 0.289 e. The quantitative estimate of drug-likeness (QED) is 0.335. The van der Waals surface area contributed by atoms with Gasteiger partial charge in [0.25, 0.3) is 5.69 Å². The van der Waals surface area contributed by atoms with E-state index in [1.54, 1.807) is 0 Å². The van der Waals surface area contributed by atoms with Crippen LogP contribution in [0, 0.1) is 10.1 Å². The van der Waals surface area contributed by atoms with E-state index in [1.807, 2.05) is 53.2 Å². The summed E-state index contributed by atoms with van der Waals surface area (Å²) >= 11 is 5.84. The summed E-state index contributed by atoms with van der Waals surface area (Å²) in [5.74, 6) is 0. The lowest BCUT2D eigenvalue weighted by atomic mass is 10.2. The fraction of sp³-hybridized carbons (Fsp3) is 0.238. The molecule has 0 spiro atoms. The Morgan fingerprint density at radius 2 is 1.87 bits per heavy atom. The summed E-state index contributed by atoms with van der Waals surface area (Å²) in [7, 11) is -2.55. The van der Waals surface area contributed by atoms with Crippen LogP contribution in [-0.4, -0.2) is 42.5 Å². The summed E-state index contributed by atoms with van der Waals surface area (Å²) in [6, 6.07) is 17.0. The van der Waals surface area contributed by atoms with Gasteiger partial charge in [0.15, 0.2) is 0 Å². The third kappa shape index (κ3) is 5.50. The summed E-state index contributed by atoms with van der Waals surface area (Å²) < 4.78 is 34.9. The summed E-state index contributed by atoms with van der Waals surface area (Å²) in [5.41, 5.74) is 1.41. The van der Waals surface area contributed by atoms with Crippen molar-refractivity contribution < 1.29 is 18.1 Å². The van der Waals surface area contributed by atoms with Gasteiger partial charge >= 0.3 is 0 Å². The lowest BCUT2D eigenvalue weighted by Gasteiger charge is -2.23. The number of nitro groups is 1. The van der Waals surface area contributed by atoms with E-state index in [0.717, 1.165) is 17.3 Å². The lowest BCUT2D eigenvalue weighted by Crippen LogP contribution is -2.34. The Hall–Kier alpha value is -2.72. The van der Waals surface area contributed by atoms with Gasteiger partial charge in [-0.1, -0.05) is 41.9 Å². The molecule has 0 atom stereocenters. The van der Waals surface area contributed by atoms with E-state index >= 15 is 0 Å². The van der Waals surface area contributed by atoms with Gasteiger partial charge in [-0.2, -0.15) is 4.31 Å².